The zero-order chi connectivity index (χ0) is 13.2. The number of hydrogen-bond acceptors (Lipinski definition) is 2. The topological polar surface area (TPSA) is 29.1 Å². The molecular formula is C15H14ClNOS. The number of rotatable bonds is 2. The molecule has 0 radical (unpaired) electrons. The molecule has 2 nitrogen and oxygen atoms in total. The number of hydrogen-bond donors (Lipinski definition) is 1. The minimum atomic E-state index is -0.0291. The highest BCUT2D eigenvalue weighted by Crippen LogP contribution is 2.30. The lowest BCUT2D eigenvalue weighted by Crippen LogP contribution is -2.30. The number of carbonyl (C=O) groups excluding carboxylic acids is 1. The van der Waals surface area contributed by atoms with Crippen LogP contribution in [0.15, 0.2) is 36.4 Å². The van der Waals surface area contributed by atoms with E-state index in [-0.39, 0.29) is 11.9 Å². The molecule has 1 aliphatic carbocycles. The minimum absolute atomic E-state index is 0.0291. The summed E-state index contributed by atoms with van der Waals surface area (Å²) >= 11 is 7.19. The number of aryl methyl sites for hydroxylation is 1. The van der Waals surface area contributed by atoms with Crippen LogP contribution >= 0.6 is 22.9 Å². The summed E-state index contributed by atoms with van der Waals surface area (Å²) in [6.45, 7) is 0. The second kappa shape index (κ2) is 5.35. The van der Waals surface area contributed by atoms with Gasteiger partial charge in [-0.05, 0) is 42.5 Å². The van der Waals surface area contributed by atoms with Crippen molar-refractivity contribution in [1.29, 1.82) is 0 Å². The van der Waals surface area contributed by atoms with Gasteiger partial charge < -0.3 is 5.32 Å². The number of thiophene rings is 1. The second-order valence-corrected chi connectivity index (χ2v) is 6.44. The molecule has 0 fully saturated rings. The SMILES string of the molecule is O=C(N[C@H]1CCCc2ccccc21)c1ccc(Cl)s1. The van der Waals surface area contributed by atoms with Crippen LogP contribution in [-0.4, -0.2) is 5.91 Å². The van der Waals surface area contributed by atoms with Gasteiger partial charge in [0.15, 0.2) is 0 Å². The summed E-state index contributed by atoms with van der Waals surface area (Å²) in [6.07, 6.45) is 3.22. The van der Waals surface area contributed by atoms with Crippen LogP contribution in [0.1, 0.15) is 39.7 Å². The van der Waals surface area contributed by atoms with Crippen molar-refractivity contribution in [1.82, 2.24) is 5.32 Å². The summed E-state index contributed by atoms with van der Waals surface area (Å²) in [5.74, 6) is -0.0291. The molecule has 1 N–H and O–H groups in total. The van der Waals surface area contributed by atoms with Crippen molar-refractivity contribution in [3.8, 4) is 0 Å². The van der Waals surface area contributed by atoms with Crippen LogP contribution in [0, 0.1) is 0 Å². The number of halogens is 1. The largest absolute Gasteiger partial charge is 0.345 e. The molecule has 0 saturated carbocycles. The van der Waals surface area contributed by atoms with Gasteiger partial charge in [0.2, 0.25) is 0 Å². The van der Waals surface area contributed by atoms with E-state index in [1.54, 1.807) is 12.1 Å². The van der Waals surface area contributed by atoms with Crippen LogP contribution < -0.4 is 5.32 Å². The first-order valence-electron chi connectivity index (χ1n) is 6.38. The quantitative estimate of drug-likeness (QED) is 0.882. The lowest BCUT2D eigenvalue weighted by atomic mass is 9.88. The van der Waals surface area contributed by atoms with Gasteiger partial charge in [0.1, 0.15) is 0 Å². The van der Waals surface area contributed by atoms with Crippen LogP contribution in [-0.2, 0) is 6.42 Å². The average Bonchev–Trinajstić information content (AvgIpc) is 2.86. The fraction of sp³-hybridized carbons (Fsp3) is 0.267. The fourth-order valence-corrected chi connectivity index (χ4v) is 3.52. The standard InChI is InChI=1S/C15H14ClNOS/c16-14-9-8-13(19-14)15(18)17-12-7-3-5-10-4-1-2-6-11(10)12/h1-2,4,6,8-9,12H,3,5,7H2,(H,17,18)/t12-/m0/s1. The zero-order valence-corrected chi connectivity index (χ0v) is 11.9. The van der Waals surface area contributed by atoms with E-state index in [1.807, 2.05) is 6.07 Å². The van der Waals surface area contributed by atoms with E-state index in [0.717, 1.165) is 19.3 Å². The Morgan fingerprint density at radius 3 is 2.89 bits per heavy atom. The lowest BCUT2D eigenvalue weighted by Gasteiger charge is -2.26. The van der Waals surface area contributed by atoms with Gasteiger partial charge in [0, 0.05) is 0 Å². The van der Waals surface area contributed by atoms with Crippen LogP contribution in [0.5, 0.6) is 0 Å². The predicted octanol–water partition coefficient (Wildman–Crippen LogP) is 4.21. The molecule has 0 spiro atoms. The molecule has 2 aromatic rings. The monoisotopic (exact) mass is 291 g/mol. The molecule has 1 atom stereocenters. The maximum atomic E-state index is 12.2. The van der Waals surface area contributed by atoms with Gasteiger partial charge in [-0.25, -0.2) is 0 Å². The van der Waals surface area contributed by atoms with Gasteiger partial charge in [-0.3, -0.25) is 4.79 Å². The Kier molecular flexibility index (Phi) is 3.58. The fourth-order valence-electron chi connectivity index (χ4n) is 2.57. The Morgan fingerprint density at radius 1 is 1.26 bits per heavy atom. The summed E-state index contributed by atoms with van der Waals surface area (Å²) in [4.78, 5) is 12.9. The van der Waals surface area contributed by atoms with E-state index >= 15 is 0 Å². The van der Waals surface area contributed by atoms with E-state index < -0.39 is 0 Å². The number of fused-ring (bicyclic) bond motifs is 1. The molecule has 1 aliphatic rings. The molecule has 0 saturated heterocycles. The molecule has 0 bridgehead atoms. The van der Waals surface area contributed by atoms with Crippen molar-refractivity contribution in [2.75, 3.05) is 0 Å². The third-order valence-electron chi connectivity index (χ3n) is 3.47. The van der Waals surface area contributed by atoms with Crippen molar-refractivity contribution in [3.63, 3.8) is 0 Å². The van der Waals surface area contributed by atoms with Gasteiger partial charge in [-0.1, -0.05) is 35.9 Å². The third kappa shape index (κ3) is 2.67. The number of carbonyl (C=O) groups is 1. The molecule has 1 aromatic heterocycles. The number of amides is 1. The molecule has 98 valence electrons. The van der Waals surface area contributed by atoms with Crippen LogP contribution in [0.2, 0.25) is 4.34 Å². The summed E-state index contributed by atoms with van der Waals surface area (Å²) in [7, 11) is 0. The van der Waals surface area contributed by atoms with Gasteiger partial charge in [0.05, 0.1) is 15.3 Å². The van der Waals surface area contributed by atoms with Crippen LogP contribution in [0.25, 0.3) is 0 Å². The van der Waals surface area contributed by atoms with Crippen molar-refractivity contribution < 1.29 is 4.79 Å². The summed E-state index contributed by atoms with van der Waals surface area (Å²) in [6, 6.07) is 12.0. The number of benzene rings is 1. The Balaban J connectivity index is 1.79. The first-order valence-corrected chi connectivity index (χ1v) is 7.57. The Labute approximate surface area is 121 Å². The molecule has 0 aliphatic heterocycles. The second-order valence-electron chi connectivity index (χ2n) is 4.72. The lowest BCUT2D eigenvalue weighted by molar-refractivity contribution is 0.0937. The molecular weight excluding hydrogens is 278 g/mol. The zero-order valence-electron chi connectivity index (χ0n) is 10.4. The average molecular weight is 292 g/mol. The Morgan fingerprint density at radius 2 is 2.11 bits per heavy atom. The Bertz CT molecular complexity index is 608. The summed E-state index contributed by atoms with van der Waals surface area (Å²) in [5.41, 5.74) is 2.60. The molecule has 1 aromatic carbocycles. The summed E-state index contributed by atoms with van der Waals surface area (Å²) in [5, 5.41) is 3.12. The molecule has 4 heteroatoms. The van der Waals surface area contributed by atoms with Crippen LogP contribution in [0.4, 0.5) is 0 Å². The normalized spacial score (nSPS) is 17.8. The van der Waals surface area contributed by atoms with Gasteiger partial charge in [-0.2, -0.15) is 0 Å². The van der Waals surface area contributed by atoms with E-state index in [9.17, 15) is 4.79 Å². The van der Waals surface area contributed by atoms with E-state index in [0.29, 0.717) is 9.21 Å². The van der Waals surface area contributed by atoms with Crippen molar-refractivity contribution >= 4 is 28.8 Å². The highest BCUT2D eigenvalue weighted by Gasteiger charge is 2.22. The highest BCUT2D eigenvalue weighted by molar-refractivity contribution is 7.17. The minimum Gasteiger partial charge on any atom is -0.345 e. The number of nitrogens with one attached hydrogen (secondary N) is 1. The van der Waals surface area contributed by atoms with Crippen molar-refractivity contribution in [2.45, 2.75) is 25.3 Å². The predicted molar refractivity (Wildman–Crippen MR) is 78.9 cm³/mol. The maximum Gasteiger partial charge on any atom is 0.261 e. The van der Waals surface area contributed by atoms with E-state index in [4.69, 9.17) is 11.6 Å². The Hall–Kier alpha value is -1.32. The van der Waals surface area contributed by atoms with Gasteiger partial charge >= 0.3 is 0 Å². The molecule has 1 amide bonds. The molecule has 1 heterocycles. The molecule has 19 heavy (non-hydrogen) atoms. The van der Waals surface area contributed by atoms with Gasteiger partial charge in [-0.15, -0.1) is 11.3 Å². The highest BCUT2D eigenvalue weighted by atomic mass is 35.5. The third-order valence-corrected chi connectivity index (χ3v) is 4.70. The van der Waals surface area contributed by atoms with Crippen LogP contribution in [0.3, 0.4) is 0 Å². The van der Waals surface area contributed by atoms with Gasteiger partial charge in [0.25, 0.3) is 5.91 Å². The van der Waals surface area contributed by atoms with E-state index in [1.165, 1.54) is 22.5 Å². The smallest absolute Gasteiger partial charge is 0.261 e. The van der Waals surface area contributed by atoms with Crippen molar-refractivity contribution in [3.05, 3.63) is 56.7 Å². The maximum absolute atomic E-state index is 12.2. The first-order chi connectivity index (χ1) is 9.24. The first kappa shape index (κ1) is 12.7. The van der Waals surface area contributed by atoms with Crippen molar-refractivity contribution in [2.24, 2.45) is 0 Å². The molecule has 3 rings (SSSR count). The summed E-state index contributed by atoms with van der Waals surface area (Å²) < 4.78 is 0.647. The van der Waals surface area contributed by atoms with E-state index in [2.05, 4.69) is 23.5 Å². The molecule has 0 unspecified atom stereocenters.